The van der Waals surface area contributed by atoms with Crippen LogP contribution in [-0.4, -0.2) is 14.5 Å². The van der Waals surface area contributed by atoms with Crippen LogP contribution in [0.4, 0.5) is 0 Å². The minimum absolute atomic E-state index is 0.0759. The lowest BCUT2D eigenvalue weighted by molar-refractivity contribution is 0.651. The van der Waals surface area contributed by atoms with Gasteiger partial charge in [-0.25, -0.2) is 4.98 Å². The highest BCUT2D eigenvalue weighted by molar-refractivity contribution is 6.13. The van der Waals surface area contributed by atoms with E-state index in [-0.39, 0.29) is 5.41 Å². The van der Waals surface area contributed by atoms with Crippen molar-refractivity contribution in [3.05, 3.63) is 126 Å². The largest absolute Gasteiger partial charge is 0.437 e. The van der Waals surface area contributed by atoms with Gasteiger partial charge in [0.25, 0.3) is 0 Å². The Kier molecular flexibility index (Phi) is 4.36. The van der Waals surface area contributed by atoms with Gasteiger partial charge in [-0.3, -0.25) is 4.57 Å². The van der Waals surface area contributed by atoms with Crippen molar-refractivity contribution in [1.82, 2.24) is 14.5 Å². The van der Waals surface area contributed by atoms with E-state index in [1.54, 1.807) is 0 Å². The molecule has 0 radical (unpaired) electrons. The van der Waals surface area contributed by atoms with Crippen LogP contribution in [0.2, 0.25) is 0 Å². The molecule has 0 atom stereocenters. The van der Waals surface area contributed by atoms with E-state index in [4.69, 9.17) is 14.4 Å². The Morgan fingerprint density at radius 2 is 1.34 bits per heavy atom. The topological polar surface area (TPSA) is 43.9 Å². The smallest absolute Gasteiger partial charge is 0.238 e. The Morgan fingerprint density at radius 3 is 2.22 bits per heavy atom. The molecule has 4 heteroatoms. The average molecular weight is 528 g/mol. The van der Waals surface area contributed by atoms with E-state index < -0.39 is 0 Å². The van der Waals surface area contributed by atoms with Crippen LogP contribution in [-0.2, 0) is 5.41 Å². The van der Waals surface area contributed by atoms with Gasteiger partial charge in [-0.15, -0.1) is 0 Å². The molecule has 0 unspecified atom stereocenters. The second kappa shape index (κ2) is 7.92. The minimum atomic E-state index is -0.0759. The molecule has 0 N–H and O–H groups in total. The van der Waals surface area contributed by atoms with Gasteiger partial charge in [-0.1, -0.05) is 105 Å². The first-order valence-corrected chi connectivity index (χ1v) is 14.0. The van der Waals surface area contributed by atoms with E-state index in [1.165, 1.54) is 33.0 Å². The van der Waals surface area contributed by atoms with E-state index in [0.717, 1.165) is 38.6 Å². The third-order valence-electron chi connectivity index (χ3n) is 8.85. The summed E-state index contributed by atoms with van der Waals surface area (Å²) in [6.45, 7) is 4.65. The zero-order chi connectivity index (χ0) is 27.3. The van der Waals surface area contributed by atoms with Crippen molar-refractivity contribution in [3.8, 4) is 28.3 Å². The highest BCUT2D eigenvalue weighted by atomic mass is 16.3. The molecule has 0 aliphatic heterocycles. The molecular weight excluding hydrogens is 502 g/mol. The predicted molar refractivity (Wildman–Crippen MR) is 167 cm³/mol. The van der Waals surface area contributed by atoms with E-state index in [9.17, 15) is 0 Å². The molecule has 0 fully saturated rings. The van der Waals surface area contributed by atoms with E-state index >= 15 is 0 Å². The number of hydrogen-bond donors (Lipinski definition) is 0. The van der Waals surface area contributed by atoms with Crippen LogP contribution in [0.5, 0.6) is 0 Å². The van der Waals surface area contributed by atoms with Crippen LogP contribution in [0.1, 0.15) is 25.0 Å². The monoisotopic (exact) mass is 527 g/mol. The van der Waals surface area contributed by atoms with Crippen LogP contribution in [0.15, 0.2) is 120 Å². The molecule has 8 aromatic rings. The third kappa shape index (κ3) is 2.99. The van der Waals surface area contributed by atoms with Crippen molar-refractivity contribution in [1.29, 1.82) is 0 Å². The number of hydrogen-bond acceptors (Lipinski definition) is 3. The molecule has 1 aliphatic rings. The Morgan fingerprint density at radius 1 is 0.610 bits per heavy atom. The van der Waals surface area contributed by atoms with Crippen LogP contribution in [0, 0.1) is 0 Å². The average Bonchev–Trinajstić information content (AvgIpc) is 3.62. The quantitative estimate of drug-likeness (QED) is 0.225. The van der Waals surface area contributed by atoms with Crippen LogP contribution < -0.4 is 0 Å². The van der Waals surface area contributed by atoms with Crippen molar-refractivity contribution in [2.75, 3.05) is 0 Å². The van der Waals surface area contributed by atoms with Crippen molar-refractivity contribution in [2.45, 2.75) is 19.3 Å². The SMILES string of the molecule is CC1(C)c2ccccc2-c2cc3c(cc21)c1ccccc1n3-c1nc(-c2ccccc2)c2c(n1)oc1ccccc12. The van der Waals surface area contributed by atoms with Crippen LogP contribution in [0.25, 0.3) is 72.2 Å². The zero-order valence-electron chi connectivity index (χ0n) is 22.7. The molecule has 3 aromatic heterocycles. The highest BCUT2D eigenvalue weighted by Crippen LogP contribution is 2.51. The normalized spacial score (nSPS) is 13.8. The summed E-state index contributed by atoms with van der Waals surface area (Å²) < 4.78 is 8.57. The summed E-state index contributed by atoms with van der Waals surface area (Å²) in [5, 5.41) is 4.35. The van der Waals surface area contributed by atoms with Gasteiger partial charge in [-0.2, -0.15) is 4.98 Å². The zero-order valence-corrected chi connectivity index (χ0v) is 22.7. The summed E-state index contributed by atoms with van der Waals surface area (Å²) in [5.41, 5.74) is 10.7. The molecule has 4 nitrogen and oxygen atoms in total. The number of benzene rings is 5. The molecule has 0 spiro atoms. The van der Waals surface area contributed by atoms with Gasteiger partial charge >= 0.3 is 0 Å². The van der Waals surface area contributed by atoms with Gasteiger partial charge in [-0.05, 0) is 46.5 Å². The number of fused-ring (bicyclic) bond motifs is 9. The maximum atomic E-state index is 6.36. The number of furan rings is 1. The fourth-order valence-corrected chi connectivity index (χ4v) is 6.90. The Hall–Kier alpha value is -5.22. The number of para-hydroxylation sites is 2. The number of rotatable bonds is 2. The second-order valence-corrected chi connectivity index (χ2v) is 11.5. The summed E-state index contributed by atoms with van der Waals surface area (Å²) in [6.07, 6.45) is 0. The lowest BCUT2D eigenvalue weighted by atomic mass is 9.82. The molecule has 0 amide bonds. The highest BCUT2D eigenvalue weighted by Gasteiger charge is 2.36. The van der Waals surface area contributed by atoms with Crippen molar-refractivity contribution in [3.63, 3.8) is 0 Å². The summed E-state index contributed by atoms with van der Waals surface area (Å²) in [5.74, 6) is 0.604. The van der Waals surface area contributed by atoms with E-state index in [0.29, 0.717) is 11.7 Å². The predicted octanol–water partition coefficient (Wildman–Crippen LogP) is 9.45. The minimum Gasteiger partial charge on any atom is -0.437 e. The van der Waals surface area contributed by atoms with Gasteiger partial charge in [0.05, 0.1) is 22.1 Å². The van der Waals surface area contributed by atoms with Gasteiger partial charge in [0.15, 0.2) is 0 Å². The molecule has 194 valence electrons. The number of aromatic nitrogens is 3. The molecule has 0 saturated heterocycles. The first-order valence-electron chi connectivity index (χ1n) is 14.0. The molecule has 41 heavy (non-hydrogen) atoms. The Bertz CT molecular complexity index is 2340. The lowest BCUT2D eigenvalue weighted by Crippen LogP contribution is -2.14. The van der Waals surface area contributed by atoms with Gasteiger partial charge in [0, 0.05) is 27.1 Å². The fourth-order valence-electron chi connectivity index (χ4n) is 6.90. The summed E-state index contributed by atoms with van der Waals surface area (Å²) in [6, 6.07) is 40.5. The standard InChI is InChI=1S/C37H25N3O/c1-37(2)28-17-9-6-14-23(28)26-21-31-27(20-29(26)37)24-15-7-10-18-30(24)40(31)36-38-34(22-12-4-3-5-13-22)33-25-16-8-11-19-32(25)41-35(33)39-36/h3-21H,1-2H3. The lowest BCUT2D eigenvalue weighted by Gasteiger charge is -2.21. The van der Waals surface area contributed by atoms with Gasteiger partial charge in [0.1, 0.15) is 5.58 Å². The number of nitrogens with zero attached hydrogens (tertiary/aromatic N) is 3. The van der Waals surface area contributed by atoms with Crippen molar-refractivity contribution in [2.24, 2.45) is 0 Å². The Labute approximate surface area is 236 Å². The first kappa shape index (κ1) is 22.6. The molecule has 0 saturated carbocycles. The van der Waals surface area contributed by atoms with Crippen molar-refractivity contribution < 1.29 is 4.42 Å². The first-order chi connectivity index (χ1) is 20.1. The molecule has 1 aliphatic carbocycles. The molecule has 5 aromatic carbocycles. The summed E-state index contributed by atoms with van der Waals surface area (Å²) in [4.78, 5) is 10.4. The maximum absolute atomic E-state index is 6.36. The molecular formula is C37H25N3O. The molecule has 3 heterocycles. The summed E-state index contributed by atoms with van der Waals surface area (Å²) >= 11 is 0. The fraction of sp³-hybridized carbons (Fsp3) is 0.0811. The molecule has 0 bridgehead atoms. The van der Waals surface area contributed by atoms with Gasteiger partial charge in [0.2, 0.25) is 11.7 Å². The summed E-state index contributed by atoms with van der Waals surface area (Å²) in [7, 11) is 0. The van der Waals surface area contributed by atoms with Crippen LogP contribution in [0.3, 0.4) is 0 Å². The van der Waals surface area contributed by atoms with E-state index in [2.05, 4.69) is 97.3 Å². The Balaban J connectivity index is 1.42. The van der Waals surface area contributed by atoms with Crippen LogP contribution >= 0.6 is 0 Å². The second-order valence-electron chi connectivity index (χ2n) is 11.5. The third-order valence-corrected chi connectivity index (χ3v) is 8.85. The van der Waals surface area contributed by atoms with E-state index in [1.807, 2.05) is 36.4 Å². The van der Waals surface area contributed by atoms with Gasteiger partial charge < -0.3 is 4.42 Å². The van der Waals surface area contributed by atoms with Crippen molar-refractivity contribution >= 4 is 43.9 Å². The maximum Gasteiger partial charge on any atom is 0.238 e. The molecule has 9 rings (SSSR count).